The molecular weight excluding hydrogens is 296 g/mol. The molecule has 1 unspecified atom stereocenters. The van der Waals surface area contributed by atoms with Gasteiger partial charge in [0, 0.05) is 36.2 Å². The molecule has 1 atom stereocenters. The standard InChI is InChI=1S/C16H18N4OS/c1-2-14-4-3-9-20(14)11-12-5-7-13(8-6-12)16(21)18-15-10-17-19-22-15/h3-8,10,14H,2,9,11H2,1H3,(H,18,21). The quantitative estimate of drug-likeness (QED) is 0.862. The Labute approximate surface area is 133 Å². The van der Waals surface area contributed by atoms with E-state index < -0.39 is 0 Å². The smallest absolute Gasteiger partial charge is 0.256 e. The maximum Gasteiger partial charge on any atom is 0.256 e. The number of aromatic nitrogens is 2. The molecule has 0 aliphatic carbocycles. The van der Waals surface area contributed by atoms with E-state index in [2.05, 4.69) is 38.9 Å². The minimum Gasteiger partial charge on any atom is -0.311 e. The lowest BCUT2D eigenvalue weighted by atomic mass is 10.1. The van der Waals surface area contributed by atoms with Crippen molar-refractivity contribution in [3.8, 4) is 0 Å². The zero-order valence-electron chi connectivity index (χ0n) is 12.4. The molecule has 0 spiro atoms. The van der Waals surface area contributed by atoms with Gasteiger partial charge in [-0.05, 0) is 24.1 Å². The van der Waals surface area contributed by atoms with Crippen molar-refractivity contribution in [2.24, 2.45) is 0 Å². The molecule has 0 fully saturated rings. The van der Waals surface area contributed by atoms with E-state index in [1.54, 1.807) is 6.20 Å². The fourth-order valence-corrected chi connectivity index (χ4v) is 3.00. The Balaban J connectivity index is 1.61. The molecule has 0 radical (unpaired) electrons. The number of nitrogens with one attached hydrogen (secondary N) is 1. The molecule has 6 heteroatoms. The van der Waals surface area contributed by atoms with Crippen LogP contribution in [0.3, 0.4) is 0 Å². The van der Waals surface area contributed by atoms with E-state index in [4.69, 9.17) is 0 Å². The van der Waals surface area contributed by atoms with Crippen LogP contribution in [0.25, 0.3) is 0 Å². The first kappa shape index (κ1) is 14.9. The summed E-state index contributed by atoms with van der Waals surface area (Å²) in [4.78, 5) is 14.5. The number of carbonyl (C=O) groups excluding carboxylic acids is 1. The Morgan fingerprint density at radius 2 is 2.23 bits per heavy atom. The molecule has 3 rings (SSSR count). The molecule has 114 valence electrons. The number of hydrogen-bond acceptors (Lipinski definition) is 5. The first-order valence-corrected chi connectivity index (χ1v) is 8.12. The van der Waals surface area contributed by atoms with Crippen molar-refractivity contribution in [1.82, 2.24) is 14.5 Å². The maximum absolute atomic E-state index is 12.1. The molecular formula is C16H18N4OS. The Morgan fingerprint density at radius 1 is 1.41 bits per heavy atom. The van der Waals surface area contributed by atoms with Crippen LogP contribution in [0.1, 0.15) is 29.3 Å². The van der Waals surface area contributed by atoms with E-state index in [1.807, 2.05) is 24.3 Å². The topological polar surface area (TPSA) is 58.1 Å². The minimum atomic E-state index is -0.133. The summed E-state index contributed by atoms with van der Waals surface area (Å²) in [7, 11) is 0. The van der Waals surface area contributed by atoms with Gasteiger partial charge in [-0.2, -0.15) is 0 Å². The van der Waals surface area contributed by atoms with Gasteiger partial charge in [-0.15, -0.1) is 5.10 Å². The van der Waals surface area contributed by atoms with Crippen LogP contribution < -0.4 is 5.32 Å². The summed E-state index contributed by atoms with van der Waals surface area (Å²) in [5.41, 5.74) is 1.86. The van der Waals surface area contributed by atoms with Gasteiger partial charge in [0.25, 0.3) is 5.91 Å². The van der Waals surface area contributed by atoms with Gasteiger partial charge in [-0.3, -0.25) is 9.69 Å². The first-order valence-electron chi connectivity index (χ1n) is 7.34. The maximum atomic E-state index is 12.1. The Bertz CT molecular complexity index is 651. The molecule has 1 N–H and O–H groups in total. The van der Waals surface area contributed by atoms with Crippen molar-refractivity contribution in [2.75, 3.05) is 11.9 Å². The largest absolute Gasteiger partial charge is 0.311 e. The van der Waals surface area contributed by atoms with Crippen LogP contribution in [0.4, 0.5) is 5.00 Å². The SMILES string of the molecule is CCC1C=CCN1Cc1ccc(C(=O)Nc2cnns2)cc1. The summed E-state index contributed by atoms with van der Waals surface area (Å²) in [6, 6.07) is 8.30. The molecule has 2 aromatic rings. The van der Waals surface area contributed by atoms with Crippen molar-refractivity contribution < 1.29 is 4.79 Å². The second kappa shape index (κ2) is 6.81. The molecule has 1 aliphatic rings. The number of anilines is 1. The zero-order chi connectivity index (χ0) is 15.4. The molecule has 1 amide bonds. The van der Waals surface area contributed by atoms with Gasteiger partial charge >= 0.3 is 0 Å². The van der Waals surface area contributed by atoms with Crippen molar-refractivity contribution in [3.05, 3.63) is 53.7 Å². The molecule has 1 aliphatic heterocycles. The summed E-state index contributed by atoms with van der Waals surface area (Å²) in [5, 5.41) is 7.13. The first-order chi connectivity index (χ1) is 10.8. The van der Waals surface area contributed by atoms with Crippen molar-refractivity contribution in [1.29, 1.82) is 0 Å². The lowest BCUT2D eigenvalue weighted by molar-refractivity contribution is 0.102. The zero-order valence-corrected chi connectivity index (χ0v) is 13.2. The number of rotatable bonds is 5. The summed E-state index contributed by atoms with van der Waals surface area (Å²) in [6.45, 7) is 4.11. The molecule has 0 saturated carbocycles. The highest BCUT2D eigenvalue weighted by molar-refractivity contribution is 7.10. The fourth-order valence-electron chi connectivity index (χ4n) is 2.59. The van der Waals surface area contributed by atoms with Gasteiger partial charge in [-0.25, -0.2) is 0 Å². The number of hydrogen-bond donors (Lipinski definition) is 1. The van der Waals surface area contributed by atoms with Gasteiger partial charge in [-0.1, -0.05) is 35.7 Å². The molecule has 5 nitrogen and oxygen atoms in total. The van der Waals surface area contributed by atoms with E-state index in [9.17, 15) is 4.79 Å². The minimum absolute atomic E-state index is 0.133. The normalized spacial score (nSPS) is 17.8. The van der Waals surface area contributed by atoms with Crippen molar-refractivity contribution in [2.45, 2.75) is 25.9 Å². The van der Waals surface area contributed by atoms with E-state index in [1.165, 1.54) is 17.1 Å². The highest BCUT2D eigenvalue weighted by Crippen LogP contribution is 2.17. The van der Waals surface area contributed by atoms with Crippen molar-refractivity contribution >= 4 is 22.4 Å². The number of amides is 1. The highest BCUT2D eigenvalue weighted by Gasteiger charge is 2.17. The summed E-state index contributed by atoms with van der Waals surface area (Å²) < 4.78 is 3.72. The van der Waals surface area contributed by atoms with Gasteiger partial charge in [0.05, 0.1) is 6.20 Å². The lowest BCUT2D eigenvalue weighted by Crippen LogP contribution is -2.28. The molecule has 22 heavy (non-hydrogen) atoms. The van der Waals surface area contributed by atoms with E-state index in [0.29, 0.717) is 16.6 Å². The molecule has 1 aromatic carbocycles. The van der Waals surface area contributed by atoms with Crippen LogP contribution in [0, 0.1) is 0 Å². The molecule has 1 aromatic heterocycles. The summed E-state index contributed by atoms with van der Waals surface area (Å²) in [6.07, 6.45) is 7.16. The third-order valence-electron chi connectivity index (χ3n) is 3.79. The van der Waals surface area contributed by atoms with Gasteiger partial charge in [0.1, 0.15) is 5.00 Å². The second-order valence-corrected chi connectivity index (χ2v) is 6.05. The third kappa shape index (κ3) is 3.40. The average molecular weight is 314 g/mol. The van der Waals surface area contributed by atoms with Crippen LogP contribution in [0.2, 0.25) is 0 Å². The highest BCUT2D eigenvalue weighted by atomic mass is 32.1. The van der Waals surface area contributed by atoms with Crippen LogP contribution >= 0.6 is 11.5 Å². The Kier molecular flexibility index (Phi) is 4.60. The number of carbonyl (C=O) groups is 1. The third-order valence-corrected chi connectivity index (χ3v) is 4.37. The average Bonchev–Trinajstić information content (AvgIpc) is 3.19. The number of benzene rings is 1. The van der Waals surface area contributed by atoms with E-state index in [0.717, 1.165) is 19.5 Å². The second-order valence-electron chi connectivity index (χ2n) is 5.27. The number of nitrogens with zero attached hydrogens (tertiary/aromatic N) is 3. The monoisotopic (exact) mass is 314 g/mol. The van der Waals surface area contributed by atoms with E-state index >= 15 is 0 Å². The Hall–Kier alpha value is -2.05. The van der Waals surface area contributed by atoms with Crippen LogP contribution in [0.5, 0.6) is 0 Å². The summed E-state index contributed by atoms with van der Waals surface area (Å²) >= 11 is 1.17. The molecule has 0 bridgehead atoms. The molecule has 0 saturated heterocycles. The predicted molar refractivity (Wildman–Crippen MR) is 87.9 cm³/mol. The van der Waals surface area contributed by atoms with E-state index in [-0.39, 0.29) is 5.91 Å². The Morgan fingerprint density at radius 3 is 2.91 bits per heavy atom. The lowest BCUT2D eigenvalue weighted by Gasteiger charge is -2.23. The van der Waals surface area contributed by atoms with Gasteiger partial charge < -0.3 is 5.32 Å². The van der Waals surface area contributed by atoms with Crippen molar-refractivity contribution in [3.63, 3.8) is 0 Å². The van der Waals surface area contributed by atoms with Gasteiger partial charge in [0.15, 0.2) is 0 Å². The van der Waals surface area contributed by atoms with Gasteiger partial charge in [0.2, 0.25) is 0 Å². The van der Waals surface area contributed by atoms with Crippen LogP contribution in [-0.2, 0) is 6.54 Å². The fraction of sp³-hybridized carbons (Fsp3) is 0.312. The summed E-state index contributed by atoms with van der Waals surface area (Å²) in [5.74, 6) is -0.133. The van der Waals surface area contributed by atoms with Crippen LogP contribution in [0.15, 0.2) is 42.6 Å². The van der Waals surface area contributed by atoms with Crippen LogP contribution in [-0.4, -0.2) is 33.0 Å². The predicted octanol–water partition coefficient (Wildman–Crippen LogP) is 2.94. The molecule has 2 heterocycles.